The van der Waals surface area contributed by atoms with Gasteiger partial charge in [0.1, 0.15) is 10.0 Å². The SMILES string of the molecule is CC1(C)[C@H]2CC=C(/C=N/NC(=O)c3[nH+]c(Cl)c(Cl)c(N)c3Cl)[C@@H]1C2. The average molecular weight is 389 g/mol. The number of hydrazone groups is 1. The second kappa shape index (κ2) is 6.21. The number of fused-ring (bicyclic) bond motifs is 1. The van der Waals surface area contributed by atoms with Gasteiger partial charge in [0.15, 0.2) is 0 Å². The Kier molecular flexibility index (Phi) is 4.53. The van der Waals surface area contributed by atoms with Gasteiger partial charge in [-0.1, -0.05) is 43.1 Å². The fourth-order valence-electron chi connectivity index (χ4n) is 3.49. The normalized spacial score (nSPS) is 24.5. The fraction of sp³-hybridized carbons (Fsp3) is 0.438. The number of carbonyl (C=O) groups excluding carboxylic acids is 1. The molecule has 0 radical (unpaired) electrons. The van der Waals surface area contributed by atoms with Gasteiger partial charge in [0.2, 0.25) is 0 Å². The van der Waals surface area contributed by atoms with Gasteiger partial charge in [0, 0.05) is 0 Å². The van der Waals surface area contributed by atoms with Crippen molar-refractivity contribution in [1.82, 2.24) is 5.43 Å². The largest absolute Gasteiger partial charge is 0.396 e. The number of nitrogens with two attached hydrogens (primary N) is 1. The molecule has 0 aromatic carbocycles. The number of nitrogen functional groups attached to an aromatic ring is 1. The number of hydrogen-bond donors (Lipinski definition) is 2. The number of hydrogen-bond acceptors (Lipinski definition) is 3. The second-order valence-electron chi connectivity index (χ2n) is 6.80. The summed E-state index contributed by atoms with van der Waals surface area (Å²) in [5, 5.41) is 4.18. The summed E-state index contributed by atoms with van der Waals surface area (Å²) in [5.74, 6) is 0.707. The number of H-pyrrole nitrogens is 1. The lowest BCUT2D eigenvalue weighted by molar-refractivity contribution is -0.379. The number of aromatic amines is 1. The van der Waals surface area contributed by atoms with Gasteiger partial charge < -0.3 is 5.73 Å². The Bertz CT molecular complexity index is 773. The minimum atomic E-state index is -0.538. The molecule has 1 amide bonds. The molecule has 128 valence electrons. The predicted molar refractivity (Wildman–Crippen MR) is 96.5 cm³/mol. The second-order valence-corrected chi connectivity index (χ2v) is 7.94. The minimum Gasteiger partial charge on any atom is -0.396 e. The van der Waals surface area contributed by atoms with Gasteiger partial charge in [-0.15, -0.1) is 0 Å². The van der Waals surface area contributed by atoms with E-state index in [1.165, 1.54) is 6.42 Å². The zero-order valence-electron chi connectivity index (χ0n) is 13.3. The topological polar surface area (TPSA) is 81.6 Å². The Morgan fingerprint density at radius 3 is 2.75 bits per heavy atom. The van der Waals surface area contributed by atoms with E-state index >= 15 is 0 Å². The van der Waals surface area contributed by atoms with Crippen molar-refractivity contribution >= 4 is 52.6 Å². The smallest absolute Gasteiger partial charge is 0.337 e. The third kappa shape index (κ3) is 2.79. The Balaban J connectivity index is 1.72. The van der Waals surface area contributed by atoms with Gasteiger partial charge in [0.25, 0.3) is 10.8 Å². The number of halogens is 3. The Labute approximate surface area is 155 Å². The van der Waals surface area contributed by atoms with E-state index in [1.54, 1.807) is 6.21 Å². The van der Waals surface area contributed by atoms with Crippen LogP contribution in [-0.2, 0) is 0 Å². The van der Waals surface area contributed by atoms with E-state index in [-0.39, 0.29) is 26.6 Å². The van der Waals surface area contributed by atoms with E-state index in [9.17, 15) is 4.79 Å². The van der Waals surface area contributed by atoms with Crippen LogP contribution in [0, 0.1) is 17.3 Å². The molecule has 1 heterocycles. The molecule has 8 heteroatoms. The fourth-order valence-corrected chi connectivity index (χ4v) is 4.11. The van der Waals surface area contributed by atoms with E-state index in [0.717, 1.165) is 17.9 Å². The van der Waals surface area contributed by atoms with Crippen molar-refractivity contribution < 1.29 is 9.78 Å². The van der Waals surface area contributed by atoms with Crippen molar-refractivity contribution in [2.24, 2.45) is 22.4 Å². The first-order chi connectivity index (χ1) is 11.2. The van der Waals surface area contributed by atoms with Gasteiger partial charge in [-0.3, -0.25) is 4.79 Å². The molecule has 0 spiro atoms. The summed E-state index contributed by atoms with van der Waals surface area (Å²) in [4.78, 5) is 14.8. The molecule has 3 aliphatic carbocycles. The molecule has 3 aliphatic rings. The van der Waals surface area contributed by atoms with Gasteiger partial charge in [-0.25, -0.2) is 5.43 Å². The highest BCUT2D eigenvalue weighted by atomic mass is 35.5. The number of anilines is 1. The number of aromatic nitrogens is 1. The van der Waals surface area contributed by atoms with Crippen LogP contribution in [0.15, 0.2) is 16.8 Å². The van der Waals surface area contributed by atoms with Gasteiger partial charge >= 0.3 is 5.91 Å². The molecule has 0 unspecified atom stereocenters. The highest BCUT2D eigenvalue weighted by molar-refractivity contribution is 6.45. The number of nitrogens with one attached hydrogen (secondary N) is 2. The number of amides is 1. The molecule has 5 nitrogen and oxygen atoms in total. The number of carbonyl (C=O) groups is 1. The maximum Gasteiger partial charge on any atom is 0.337 e. The maximum absolute atomic E-state index is 12.2. The summed E-state index contributed by atoms with van der Waals surface area (Å²) in [6.45, 7) is 4.55. The minimum absolute atomic E-state index is 0.0111. The Hall–Kier alpha value is -1.30. The van der Waals surface area contributed by atoms with Crippen LogP contribution in [0.3, 0.4) is 0 Å². The van der Waals surface area contributed by atoms with Crippen molar-refractivity contribution in [1.29, 1.82) is 0 Å². The van der Waals surface area contributed by atoms with Crippen LogP contribution in [0.1, 0.15) is 37.2 Å². The van der Waals surface area contributed by atoms with Crippen molar-refractivity contribution in [2.45, 2.75) is 26.7 Å². The molecular weight excluding hydrogens is 371 g/mol. The quantitative estimate of drug-likeness (QED) is 0.469. The predicted octanol–water partition coefficient (Wildman–Crippen LogP) is 3.75. The summed E-state index contributed by atoms with van der Waals surface area (Å²) >= 11 is 17.8. The first-order valence-electron chi connectivity index (χ1n) is 7.62. The molecule has 0 aliphatic heterocycles. The summed E-state index contributed by atoms with van der Waals surface area (Å²) in [6.07, 6.45) is 6.13. The van der Waals surface area contributed by atoms with Crippen LogP contribution in [0.25, 0.3) is 0 Å². The van der Waals surface area contributed by atoms with Crippen LogP contribution >= 0.6 is 34.8 Å². The van der Waals surface area contributed by atoms with E-state index in [4.69, 9.17) is 40.5 Å². The lowest BCUT2D eigenvalue weighted by Gasteiger charge is -2.55. The van der Waals surface area contributed by atoms with Crippen molar-refractivity contribution in [3.63, 3.8) is 0 Å². The molecule has 1 aromatic heterocycles. The average Bonchev–Trinajstić information content (AvgIpc) is 2.56. The van der Waals surface area contributed by atoms with Gasteiger partial charge in [0.05, 0.1) is 11.9 Å². The number of rotatable bonds is 3. The summed E-state index contributed by atoms with van der Waals surface area (Å²) < 4.78 is 0. The number of pyridine rings is 1. The molecule has 2 atom stereocenters. The summed E-state index contributed by atoms with van der Waals surface area (Å²) in [7, 11) is 0. The molecule has 1 saturated carbocycles. The molecule has 24 heavy (non-hydrogen) atoms. The van der Waals surface area contributed by atoms with Crippen LogP contribution < -0.4 is 16.1 Å². The molecule has 4 rings (SSSR count). The molecule has 1 aromatic rings. The van der Waals surface area contributed by atoms with Crippen LogP contribution in [0.5, 0.6) is 0 Å². The summed E-state index contributed by atoms with van der Waals surface area (Å²) in [6, 6.07) is 0. The highest BCUT2D eigenvalue weighted by Crippen LogP contribution is 2.58. The van der Waals surface area contributed by atoms with Crippen LogP contribution in [0.4, 0.5) is 5.69 Å². The van der Waals surface area contributed by atoms with Crippen molar-refractivity contribution in [2.75, 3.05) is 5.73 Å². The molecule has 1 fully saturated rings. The summed E-state index contributed by atoms with van der Waals surface area (Å²) in [5.41, 5.74) is 9.69. The van der Waals surface area contributed by atoms with Crippen LogP contribution in [-0.4, -0.2) is 12.1 Å². The molecule has 4 N–H and O–H groups in total. The Morgan fingerprint density at radius 2 is 2.12 bits per heavy atom. The lowest BCUT2D eigenvalue weighted by Crippen LogP contribution is -2.48. The van der Waals surface area contributed by atoms with Crippen LogP contribution in [0.2, 0.25) is 15.2 Å². The molecule has 2 bridgehead atoms. The van der Waals surface area contributed by atoms with Crippen molar-refractivity contribution in [3.05, 3.63) is 32.5 Å². The van der Waals surface area contributed by atoms with E-state index in [0.29, 0.717) is 11.3 Å². The first-order valence-corrected chi connectivity index (χ1v) is 8.75. The molecule has 0 saturated heterocycles. The first kappa shape index (κ1) is 17.5. The van der Waals surface area contributed by atoms with E-state index < -0.39 is 5.91 Å². The van der Waals surface area contributed by atoms with Gasteiger partial charge in [-0.2, -0.15) is 10.1 Å². The monoisotopic (exact) mass is 387 g/mol. The third-order valence-corrected chi connectivity index (χ3v) is 6.40. The third-order valence-electron chi connectivity index (χ3n) is 5.24. The number of allylic oxidation sites excluding steroid dienone is 2. The lowest BCUT2D eigenvalue weighted by atomic mass is 9.49. The zero-order chi connectivity index (χ0) is 17.6. The van der Waals surface area contributed by atoms with Crippen molar-refractivity contribution in [3.8, 4) is 0 Å². The standard InChI is InChI=1S/C16H17Cl3N4O/c1-16(2)8-4-3-7(9(16)5-8)6-21-23-15(24)13-10(17)12(20)11(18)14(19)22-13/h3,6,8-9H,4-5H2,1-2H3,(H2,20,22)(H,23,24)/p+1/b21-6+/t8-,9-/m0/s1. The maximum atomic E-state index is 12.2. The van der Waals surface area contributed by atoms with E-state index in [2.05, 4.69) is 35.4 Å². The molecular formula is C16H18Cl3N4O+. The number of nitrogens with zero attached hydrogens (tertiary/aromatic N) is 1. The Morgan fingerprint density at radius 1 is 1.42 bits per heavy atom. The highest BCUT2D eigenvalue weighted by Gasteiger charge is 2.50. The zero-order valence-corrected chi connectivity index (χ0v) is 15.6. The van der Waals surface area contributed by atoms with Gasteiger partial charge in [-0.05, 0) is 47.3 Å². The van der Waals surface area contributed by atoms with E-state index in [1.807, 2.05) is 0 Å².